The Kier molecular flexibility index (Phi) is 1.91. The molecule has 2 rings (SSSR count). The molecule has 0 aliphatic heterocycles. The van der Waals surface area contributed by atoms with Gasteiger partial charge in [0.2, 0.25) is 0 Å². The van der Waals surface area contributed by atoms with Crippen LogP contribution >= 0.6 is 0 Å². The SMILES string of the molecule is Cc1ccc(N)c(NC2CC2(C)C)n1. The Labute approximate surface area is 84.7 Å². The summed E-state index contributed by atoms with van der Waals surface area (Å²) in [6.07, 6.45) is 1.20. The summed E-state index contributed by atoms with van der Waals surface area (Å²) in [4.78, 5) is 4.38. The summed E-state index contributed by atoms with van der Waals surface area (Å²) in [5.74, 6) is 0.834. The Balaban J connectivity index is 2.13. The molecule has 1 aromatic rings. The number of hydrogen-bond acceptors (Lipinski definition) is 3. The lowest BCUT2D eigenvalue weighted by atomic mass is 10.2. The minimum atomic E-state index is 0.401. The molecule has 3 heteroatoms. The highest BCUT2D eigenvalue weighted by atomic mass is 15.1. The van der Waals surface area contributed by atoms with E-state index in [1.165, 1.54) is 6.42 Å². The molecule has 1 aliphatic rings. The van der Waals surface area contributed by atoms with Crippen LogP contribution in [0.2, 0.25) is 0 Å². The Morgan fingerprint density at radius 3 is 2.71 bits per heavy atom. The summed E-state index contributed by atoms with van der Waals surface area (Å²) in [6, 6.07) is 4.36. The molecule has 14 heavy (non-hydrogen) atoms. The third kappa shape index (κ3) is 1.67. The predicted octanol–water partition coefficient (Wildman–Crippen LogP) is 2.18. The van der Waals surface area contributed by atoms with Gasteiger partial charge in [-0.15, -0.1) is 0 Å². The molecule has 0 bridgehead atoms. The monoisotopic (exact) mass is 191 g/mol. The number of rotatable bonds is 2. The molecule has 1 atom stereocenters. The van der Waals surface area contributed by atoms with Crippen molar-refractivity contribution in [1.82, 2.24) is 4.98 Å². The molecule has 1 saturated carbocycles. The molecule has 0 saturated heterocycles. The Morgan fingerprint density at radius 2 is 2.14 bits per heavy atom. The fourth-order valence-corrected chi connectivity index (χ4v) is 1.56. The van der Waals surface area contributed by atoms with Crippen molar-refractivity contribution >= 4 is 11.5 Å². The van der Waals surface area contributed by atoms with Gasteiger partial charge in [0.15, 0.2) is 0 Å². The van der Waals surface area contributed by atoms with Crippen molar-refractivity contribution in [3.8, 4) is 0 Å². The van der Waals surface area contributed by atoms with Crippen molar-refractivity contribution in [2.24, 2.45) is 5.41 Å². The maximum atomic E-state index is 5.83. The highest BCUT2D eigenvalue weighted by Gasteiger charge is 2.46. The summed E-state index contributed by atoms with van der Waals surface area (Å²) in [5.41, 5.74) is 7.96. The first-order valence-corrected chi connectivity index (χ1v) is 4.99. The van der Waals surface area contributed by atoms with E-state index in [0.717, 1.165) is 17.2 Å². The maximum Gasteiger partial charge on any atom is 0.149 e. The molecule has 3 N–H and O–H groups in total. The van der Waals surface area contributed by atoms with Gasteiger partial charge in [-0.3, -0.25) is 0 Å². The Hall–Kier alpha value is -1.25. The summed E-state index contributed by atoms with van der Waals surface area (Å²) in [5, 5.41) is 3.38. The number of aromatic nitrogens is 1. The third-order valence-electron chi connectivity index (χ3n) is 2.89. The van der Waals surface area contributed by atoms with E-state index in [0.29, 0.717) is 11.5 Å². The lowest BCUT2D eigenvalue weighted by Crippen LogP contribution is -2.11. The van der Waals surface area contributed by atoms with Crippen LogP contribution < -0.4 is 11.1 Å². The van der Waals surface area contributed by atoms with E-state index in [9.17, 15) is 0 Å². The largest absolute Gasteiger partial charge is 0.396 e. The van der Waals surface area contributed by atoms with Crippen molar-refractivity contribution < 1.29 is 0 Å². The van der Waals surface area contributed by atoms with E-state index in [1.54, 1.807) is 0 Å². The maximum absolute atomic E-state index is 5.83. The van der Waals surface area contributed by atoms with Gasteiger partial charge in [-0.25, -0.2) is 4.98 Å². The minimum absolute atomic E-state index is 0.401. The van der Waals surface area contributed by atoms with Gasteiger partial charge < -0.3 is 11.1 Å². The smallest absolute Gasteiger partial charge is 0.149 e. The zero-order chi connectivity index (χ0) is 10.3. The first-order valence-electron chi connectivity index (χ1n) is 4.99. The van der Waals surface area contributed by atoms with E-state index in [4.69, 9.17) is 5.73 Å². The molecule has 76 valence electrons. The fourth-order valence-electron chi connectivity index (χ4n) is 1.56. The van der Waals surface area contributed by atoms with Crippen LogP contribution in [0.25, 0.3) is 0 Å². The third-order valence-corrected chi connectivity index (χ3v) is 2.89. The van der Waals surface area contributed by atoms with Gasteiger partial charge in [-0.05, 0) is 30.9 Å². The van der Waals surface area contributed by atoms with Crippen molar-refractivity contribution in [3.05, 3.63) is 17.8 Å². The standard InChI is InChI=1S/C11H17N3/c1-7-4-5-8(12)10(13-7)14-9-6-11(9,2)3/h4-5,9H,6,12H2,1-3H3,(H,13,14). The van der Waals surface area contributed by atoms with Crippen LogP contribution in [-0.4, -0.2) is 11.0 Å². The van der Waals surface area contributed by atoms with Crippen LogP contribution in [0.15, 0.2) is 12.1 Å². The minimum Gasteiger partial charge on any atom is -0.396 e. The van der Waals surface area contributed by atoms with E-state index in [1.807, 2.05) is 19.1 Å². The van der Waals surface area contributed by atoms with Gasteiger partial charge in [0.1, 0.15) is 5.82 Å². The van der Waals surface area contributed by atoms with Crippen LogP contribution in [0.4, 0.5) is 11.5 Å². The number of nitrogen functional groups attached to an aromatic ring is 1. The number of anilines is 2. The lowest BCUT2D eigenvalue weighted by molar-refractivity contribution is 0.630. The normalized spacial score (nSPS) is 23.2. The highest BCUT2D eigenvalue weighted by molar-refractivity contribution is 5.62. The van der Waals surface area contributed by atoms with Gasteiger partial charge in [0.05, 0.1) is 5.69 Å². The number of nitrogens with one attached hydrogen (secondary N) is 1. The van der Waals surface area contributed by atoms with Gasteiger partial charge in [0, 0.05) is 11.7 Å². The quantitative estimate of drug-likeness (QED) is 0.753. The van der Waals surface area contributed by atoms with Crippen molar-refractivity contribution in [3.63, 3.8) is 0 Å². The highest BCUT2D eigenvalue weighted by Crippen LogP contribution is 2.46. The number of hydrogen-bond donors (Lipinski definition) is 2. The van der Waals surface area contributed by atoms with Crippen molar-refractivity contribution in [1.29, 1.82) is 0 Å². The zero-order valence-corrected chi connectivity index (χ0v) is 8.96. The Morgan fingerprint density at radius 1 is 1.50 bits per heavy atom. The number of nitrogens with two attached hydrogens (primary N) is 1. The molecule has 0 radical (unpaired) electrons. The fraction of sp³-hybridized carbons (Fsp3) is 0.545. The van der Waals surface area contributed by atoms with Crippen LogP contribution in [0, 0.1) is 12.3 Å². The molecular weight excluding hydrogens is 174 g/mol. The first-order chi connectivity index (χ1) is 6.49. The average Bonchev–Trinajstić information content (AvgIpc) is 2.67. The molecule has 0 aromatic carbocycles. The van der Waals surface area contributed by atoms with Gasteiger partial charge in [-0.1, -0.05) is 13.8 Å². The lowest BCUT2D eigenvalue weighted by Gasteiger charge is -2.10. The van der Waals surface area contributed by atoms with E-state index >= 15 is 0 Å². The van der Waals surface area contributed by atoms with E-state index in [-0.39, 0.29) is 0 Å². The van der Waals surface area contributed by atoms with Crippen LogP contribution in [0.5, 0.6) is 0 Å². The molecule has 0 amide bonds. The summed E-state index contributed by atoms with van der Waals surface area (Å²) < 4.78 is 0. The number of nitrogens with zero attached hydrogens (tertiary/aromatic N) is 1. The first kappa shape index (κ1) is 9.31. The van der Waals surface area contributed by atoms with Crippen molar-refractivity contribution in [2.75, 3.05) is 11.1 Å². The molecule has 0 spiro atoms. The number of pyridine rings is 1. The van der Waals surface area contributed by atoms with Crippen LogP contribution in [0.3, 0.4) is 0 Å². The Bertz CT molecular complexity index is 358. The molecular formula is C11H17N3. The second kappa shape index (κ2) is 2.87. The predicted molar refractivity (Wildman–Crippen MR) is 59.2 cm³/mol. The van der Waals surface area contributed by atoms with Gasteiger partial charge >= 0.3 is 0 Å². The second-order valence-electron chi connectivity index (χ2n) is 4.78. The average molecular weight is 191 g/mol. The summed E-state index contributed by atoms with van der Waals surface area (Å²) in [7, 11) is 0. The molecule has 1 aliphatic carbocycles. The molecule has 3 nitrogen and oxygen atoms in total. The van der Waals surface area contributed by atoms with E-state index in [2.05, 4.69) is 24.1 Å². The topological polar surface area (TPSA) is 50.9 Å². The molecule has 1 unspecified atom stereocenters. The van der Waals surface area contributed by atoms with Gasteiger partial charge in [-0.2, -0.15) is 0 Å². The molecule has 1 heterocycles. The van der Waals surface area contributed by atoms with Crippen LogP contribution in [-0.2, 0) is 0 Å². The van der Waals surface area contributed by atoms with E-state index < -0.39 is 0 Å². The van der Waals surface area contributed by atoms with Gasteiger partial charge in [0.25, 0.3) is 0 Å². The number of aryl methyl sites for hydroxylation is 1. The van der Waals surface area contributed by atoms with Crippen LogP contribution in [0.1, 0.15) is 26.0 Å². The molecule has 1 aromatic heterocycles. The summed E-state index contributed by atoms with van der Waals surface area (Å²) >= 11 is 0. The van der Waals surface area contributed by atoms with Crippen molar-refractivity contribution in [2.45, 2.75) is 33.2 Å². The second-order valence-corrected chi connectivity index (χ2v) is 4.78. The molecule has 1 fully saturated rings. The summed E-state index contributed by atoms with van der Waals surface area (Å²) in [6.45, 7) is 6.47. The zero-order valence-electron chi connectivity index (χ0n) is 8.96.